The molecule has 0 atom stereocenters. The molecule has 0 amide bonds. The number of hydrogen-bond acceptors (Lipinski definition) is 0. The van der Waals surface area contributed by atoms with Crippen LogP contribution in [0.1, 0.15) is 16.7 Å². The van der Waals surface area contributed by atoms with E-state index in [4.69, 9.17) is 0 Å². The van der Waals surface area contributed by atoms with Crippen LogP contribution in [0.15, 0.2) is 12.2 Å². The maximum atomic E-state index is 2.00. The maximum absolute atomic E-state index is 2.00. The monoisotopic (exact) mass is 82.1 g/mol. The molecule has 0 aromatic carbocycles. The van der Waals surface area contributed by atoms with Gasteiger partial charge in [-0.05, 0) is 13.8 Å². The summed E-state index contributed by atoms with van der Waals surface area (Å²) in [5.74, 6) is 0. The third kappa shape index (κ3) is 12.5. The predicted octanol–water partition coefficient (Wildman–Crippen LogP) is 1.43. The van der Waals surface area contributed by atoms with E-state index in [-0.39, 0.29) is 25.9 Å². The van der Waals surface area contributed by atoms with Gasteiger partial charge < -0.3 is 2.85 Å². The number of allylic oxidation sites excluding steroid dienone is 2. The fourth-order valence-electron chi connectivity index (χ4n) is 0. The minimum Gasteiger partial charge on any atom is -1.00 e. The molecule has 0 aliphatic carbocycles. The molecule has 0 aromatic heterocycles. The van der Waals surface area contributed by atoms with Gasteiger partial charge in [-0.15, -0.1) is 0 Å². The molecule has 0 aromatic rings. The molecule has 0 nitrogen and oxygen atoms in total. The summed E-state index contributed by atoms with van der Waals surface area (Å²) in [6, 6.07) is 0. The first-order valence-electron chi connectivity index (χ1n) is 1.49. The Hall–Kier alpha value is 0.506. The van der Waals surface area contributed by atoms with Crippen LogP contribution in [0.2, 0.25) is 0 Å². The van der Waals surface area contributed by atoms with Crippen molar-refractivity contribution < 1.29 is 2.85 Å². The van der Waals surface area contributed by atoms with Gasteiger partial charge >= 0.3 is 23.1 Å². The van der Waals surface area contributed by atoms with E-state index in [1.807, 2.05) is 26.0 Å². The fourth-order valence-corrected chi connectivity index (χ4v) is 0. The van der Waals surface area contributed by atoms with Crippen LogP contribution >= 0.6 is 0 Å². The van der Waals surface area contributed by atoms with Crippen LogP contribution in [0.4, 0.5) is 0 Å². The average Bonchev–Trinajstić information content (AvgIpc) is 1.37. The van der Waals surface area contributed by atoms with Crippen molar-refractivity contribution >= 4 is 23.1 Å². The Morgan fingerprint density at radius 2 is 1.40 bits per heavy atom. The summed E-state index contributed by atoms with van der Waals surface area (Å²) in [6.45, 7) is 4.00. The summed E-state index contributed by atoms with van der Waals surface area (Å²) in [5, 5.41) is 0. The van der Waals surface area contributed by atoms with Crippen molar-refractivity contribution in [3.8, 4) is 0 Å². The van der Waals surface area contributed by atoms with Gasteiger partial charge in [0, 0.05) is 0 Å². The van der Waals surface area contributed by atoms with Crippen molar-refractivity contribution in [3.63, 3.8) is 0 Å². The summed E-state index contributed by atoms with van der Waals surface area (Å²) in [6.07, 6.45) is 4.00. The molecule has 0 aliphatic rings. The molecule has 1 heteroatoms. The zero-order chi connectivity index (χ0) is 3.41. The largest absolute Gasteiger partial charge is 2.00 e. The maximum Gasteiger partial charge on any atom is 2.00 e. The van der Waals surface area contributed by atoms with Crippen LogP contribution < -0.4 is 0 Å². The molecule has 0 unspecified atom stereocenters. The van der Waals surface area contributed by atoms with Gasteiger partial charge in [-0.1, -0.05) is 12.2 Å². The minimum absolute atomic E-state index is 0. The smallest absolute Gasteiger partial charge is 1.00 e. The normalized spacial score (nSPS) is 7.60. The Balaban J connectivity index is -0.0000000150. The molecule has 0 spiro atoms. The quantitative estimate of drug-likeness (QED) is 0.306. The molecule has 0 saturated carbocycles. The van der Waals surface area contributed by atoms with Crippen molar-refractivity contribution in [1.82, 2.24) is 0 Å². The molecule has 0 fully saturated rings. The fraction of sp³-hybridized carbons (Fsp3) is 0.500. The second-order valence-corrected chi connectivity index (χ2v) is 0.667. The number of hydrogen-bond donors (Lipinski definition) is 0. The Bertz CT molecular complexity index is 24.9. The molecule has 0 heterocycles. The second-order valence-electron chi connectivity index (χ2n) is 0.667. The Kier molecular flexibility index (Phi) is 16.0. The van der Waals surface area contributed by atoms with Gasteiger partial charge in [0.2, 0.25) is 0 Å². The summed E-state index contributed by atoms with van der Waals surface area (Å²) in [7, 11) is 0. The zero-order valence-corrected chi connectivity index (χ0v) is 5.28. The topological polar surface area (TPSA) is 0 Å². The summed E-state index contributed by atoms with van der Waals surface area (Å²) in [5.41, 5.74) is 0. The third-order valence-electron chi connectivity index (χ3n) is 0.333. The Labute approximate surface area is 52.4 Å². The first-order chi connectivity index (χ1) is 1.91. The van der Waals surface area contributed by atoms with E-state index in [0.717, 1.165) is 0 Å². The predicted molar refractivity (Wildman–Crippen MR) is 28.5 cm³/mol. The molecule has 0 radical (unpaired) electrons. The zero-order valence-electron chi connectivity index (χ0n) is 5.86. The van der Waals surface area contributed by atoms with Gasteiger partial charge in [-0.25, -0.2) is 0 Å². The first kappa shape index (κ1) is 9.09. The molecular weight excluding hydrogens is 72.3 g/mol. The molecule has 0 aliphatic heterocycles. The van der Waals surface area contributed by atoms with E-state index in [9.17, 15) is 0 Å². The Morgan fingerprint density at radius 3 is 1.40 bits per heavy atom. The minimum atomic E-state index is 0. The van der Waals surface area contributed by atoms with Gasteiger partial charge in [-0.2, -0.15) is 0 Å². The molecular formula is C4H10Mg. The van der Waals surface area contributed by atoms with E-state index in [0.29, 0.717) is 0 Å². The van der Waals surface area contributed by atoms with Crippen LogP contribution in [0.3, 0.4) is 0 Å². The van der Waals surface area contributed by atoms with Gasteiger partial charge in [0.05, 0.1) is 0 Å². The molecule has 0 rings (SSSR count). The van der Waals surface area contributed by atoms with Crippen LogP contribution in [0, 0.1) is 0 Å². The summed E-state index contributed by atoms with van der Waals surface area (Å²) in [4.78, 5) is 0. The van der Waals surface area contributed by atoms with Crippen molar-refractivity contribution in [2.45, 2.75) is 13.8 Å². The molecule has 0 bridgehead atoms. The van der Waals surface area contributed by atoms with E-state index in [2.05, 4.69) is 0 Å². The van der Waals surface area contributed by atoms with E-state index in [1.54, 1.807) is 0 Å². The van der Waals surface area contributed by atoms with Crippen LogP contribution in [-0.2, 0) is 0 Å². The van der Waals surface area contributed by atoms with E-state index < -0.39 is 0 Å². The van der Waals surface area contributed by atoms with Gasteiger partial charge in [0.25, 0.3) is 0 Å². The SMILES string of the molecule is CC=CC.[H-].[H-].[Mg+2]. The second kappa shape index (κ2) is 8.82. The van der Waals surface area contributed by atoms with Gasteiger partial charge in [-0.3, -0.25) is 0 Å². The third-order valence-corrected chi connectivity index (χ3v) is 0.333. The van der Waals surface area contributed by atoms with Crippen molar-refractivity contribution in [3.05, 3.63) is 12.2 Å². The molecule has 0 saturated heterocycles. The van der Waals surface area contributed by atoms with Crippen molar-refractivity contribution in [2.75, 3.05) is 0 Å². The average molecular weight is 82.4 g/mol. The molecule has 28 valence electrons. The van der Waals surface area contributed by atoms with Gasteiger partial charge in [0.1, 0.15) is 0 Å². The van der Waals surface area contributed by atoms with Crippen molar-refractivity contribution in [1.29, 1.82) is 0 Å². The summed E-state index contributed by atoms with van der Waals surface area (Å²) >= 11 is 0. The first-order valence-corrected chi connectivity index (χ1v) is 1.49. The molecule has 5 heavy (non-hydrogen) atoms. The Morgan fingerprint density at radius 1 is 1.20 bits per heavy atom. The molecule has 0 N–H and O–H groups in total. The van der Waals surface area contributed by atoms with Crippen LogP contribution in [0.5, 0.6) is 0 Å². The number of rotatable bonds is 0. The van der Waals surface area contributed by atoms with Crippen molar-refractivity contribution in [2.24, 2.45) is 0 Å². The van der Waals surface area contributed by atoms with E-state index in [1.165, 1.54) is 0 Å². The van der Waals surface area contributed by atoms with Crippen LogP contribution in [-0.4, -0.2) is 23.1 Å². The van der Waals surface area contributed by atoms with Crippen LogP contribution in [0.25, 0.3) is 0 Å². The van der Waals surface area contributed by atoms with Gasteiger partial charge in [0.15, 0.2) is 0 Å². The summed E-state index contributed by atoms with van der Waals surface area (Å²) < 4.78 is 0. The van der Waals surface area contributed by atoms with E-state index >= 15 is 0 Å². The standard InChI is InChI=1S/C4H8.Mg.2H/c1-3-4-2;;;/h3-4H,1-2H3;;;/q;+2;2*-1.